The summed E-state index contributed by atoms with van der Waals surface area (Å²) in [6.45, 7) is 1.59. The fourth-order valence-electron chi connectivity index (χ4n) is 2.06. The molecule has 24 heavy (non-hydrogen) atoms. The van der Waals surface area contributed by atoms with Crippen LogP contribution in [-0.4, -0.2) is 22.6 Å². The zero-order valence-electron chi connectivity index (χ0n) is 12.7. The third-order valence-electron chi connectivity index (χ3n) is 3.24. The van der Waals surface area contributed by atoms with Crippen LogP contribution in [0.1, 0.15) is 41.4 Å². The lowest BCUT2D eigenvalue weighted by Gasteiger charge is -2.16. The number of carbonyl (C=O) groups excluding carboxylic acids is 1. The number of hydrogen-bond donors (Lipinski definition) is 2. The van der Waals surface area contributed by atoms with Crippen LogP contribution in [0.25, 0.3) is 0 Å². The molecule has 0 aliphatic heterocycles. The van der Waals surface area contributed by atoms with Crippen molar-refractivity contribution in [2.45, 2.75) is 25.9 Å². The lowest BCUT2D eigenvalue weighted by Crippen LogP contribution is -2.17. The molecule has 0 aliphatic carbocycles. The summed E-state index contributed by atoms with van der Waals surface area (Å²) in [5.41, 5.74) is 4.72. The third-order valence-corrected chi connectivity index (χ3v) is 3.86. The number of rotatable bonds is 7. The van der Waals surface area contributed by atoms with E-state index in [1.165, 1.54) is 0 Å². The number of aromatic nitrogens is 1. The third kappa shape index (κ3) is 3.73. The van der Waals surface area contributed by atoms with Gasteiger partial charge in [-0.3, -0.25) is 4.79 Å². The van der Waals surface area contributed by atoms with E-state index in [0.29, 0.717) is 16.8 Å². The van der Waals surface area contributed by atoms with Gasteiger partial charge in [0, 0.05) is 13.0 Å². The number of nitrogens with zero attached hydrogens (tertiary/aromatic N) is 1. The maximum atomic E-state index is 14.3. The van der Waals surface area contributed by atoms with E-state index >= 15 is 0 Å². The number of nitrogens with two attached hydrogens (primary N) is 1. The highest BCUT2D eigenvalue weighted by molar-refractivity contribution is 9.10. The van der Waals surface area contributed by atoms with E-state index in [1.807, 2.05) is 6.92 Å². The molecule has 0 spiro atoms. The highest BCUT2D eigenvalue weighted by Crippen LogP contribution is 2.31. The zero-order valence-corrected chi connectivity index (χ0v) is 14.3. The van der Waals surface area contributed by atoms with Gasteiger partial charge in [0.2, 0.25) is 5.89 Å². The molecule has 2 aromatic rings. The number of carbonyl (C=O) groups is 1. The average molecular weight is 405 g/mol. The topological polar surface area (TPSA) is 98.6 Å². The summed E-state index contributed by atoms with van der Waals surface area (Å²) in [4.78, 5) is 15.4. The second-order valence-electron chi connectivity index (χ2n) is 4.84. The first-order valence-electron chi connectivity index (χ1n) is 7.09. The number of primary amides is 1. The summed E-state index contributed by atoms with van der Waals surface area (Å²) in [6.07, 6.45) is -0.279. The molecule has 1 aromatic carbocycles. The summed E-state index contributed by atoms with van der Waals surface area (Å²) in [5, 5.41) is 9.18. The van der Waals surface area contributed by atoms with Crippen molar-refractivity contribution >= 4 is 21.8 Å². The molecule has 0 aliphatic rings. The predicted molar refractivity (Wildman–Crippen MR) is 83.5 cm³/mol. The Labute approximate surface area is 144 Å². The highest BCUT2D eigenvalue weighted by atomic mass is 79.9. The maximum Gasteiger partial charge on any atom is 0.254 e. The zero-order chi connectivity index (χ0) is 17.9. The van der Waals surface area contributed by atoms with Crippen molar-refractivity contribution in [2.75, 3.05) is 6.61 Å². The number of aryl methyl sites for hydroxylation is 1. The summed E-state index contributed by atoms with van der Waals surface area (Å²) < 4.78 is 39.0. The summed E-state index contributed by atoms with van der Waals surface area (Å²) >= 11 is 3.20. The first-order chi connectivity index (χ1) is 11.4. The number of benzene rings is 1. The quantitative estimate of drug-likeness (QED) is 0.738. The van der Waals surface area contributed by atoms with Crippen molar-refractivity contribution in [3.05, 3.63) is 45.6 Å². The number of hydrogen-bond acceptors (Lipinski definition) is 5. The molecule has 0 saturated heterocycles. The summed E-state index contributed by atoms with van der Waals surface area (Å²) in [7, 11) is 0. The van der Waals surface area contributed by atoms with Gasteiger partial charge in [0.25, 0.3) is 5.91 Å². The van der Waals surface area contributed by atoms with Crippen molar-refractivity contribution < 1.29 is 27.8 Å². The van der Waals surface area contributed by atoms with Crippen molar-refractivity contribution in [2.24, 2.45) is 5.73 Å². The van der Waals surface area contributed by atoms with Crippen LogP contribution in [0, 0.1) is 11.6 Å². The minimum absolute atomic E-state index is 0.0544. The van der Waals surface area contributed by atoms with Gasteiger partial charge >= 0.3 is 0 Å². The Morgan fingerprint density at radius 2 is 2.21 bits per heavy atom. The second-order valence-corrected chi connectivity index (χ2v) is 5.56. The van der Waals surface area contributed by atoms with E-state index in [0.717, 1.165) is 12.1 Å². The van der Waals surface area contributed by atoms with E-state index < -0.39 is 35.0 Å². The minimum Gasteiger partial charge on any atom is -0.478 e. The number of amides is 1. The van der Waals surface area contributed by atoms with Gasteiger partial charge in [0.15, 0.2) is 22.3 Å². The average Bonchev–Trinajstić information content (AvgIpc) is 2.90. The molecule has 1 aromatic heterocycles. The summed E-state index contributed by atoms with van der Waals surface area (Å²) in [6, 6.07) is 1.90. The SMILES string of the molecule is CCc1nc(C(CCO)Oc2ccc(F)c(C(N)=O)c2F)oc1Br. The van der Waals surface area contributed by atoms with E-state index in [-0.39, 0.29) is 18.9 Å². The van der Waals surface area contributed by atoms with Gasteiger partial charge in [0.1, 0.15) is 11.4 Å². The molecule has 1 unspecified atom stereocenters. The van der Waals surface area contributed by atoms with Crippen LogP contribution in [0.4, 0.5) is 8.78 Å². The fourth-order valence-corrected chi connectivity index (χ4v) is 2.59. The van der Waals surface area contributed by atoms with Crippen LogP contribution >= 0.6 is 15.9 Å². The van der Waals surface area contributed by atoms with E-state index in [9.17, 15) is 18.7 Å². The van der Waals surface area contributed by atoms with Crippen LogP contribution < -0.4 is 10.5 Å². The predicted octanol–water partition coefficient (Wildman–Crippen LogP) is 2.88. The molecule has 0 fully saturated rings. The highest BCUT2D eigenvalue weighted by Gasteiger charge is 2.25. The Morgan fingerprint density at radius 3 is 2.75 bits per heavy atom. The van der Waals surface area contributed by atoms with Crippen molar-refractivity contribution in [3.8, 4) is 5.75 Å². The first kappa shape index (κ1) is 18.3. The molecule has 2 rings (SSSR count). The van der Waals surface area contributed by atoms with E-state index in [1.54, 1.807) is 0 Å². The Balaban J connectivity index is 2.37. The Kier molecular flexibility index (Phi) is 5.89. The monoisotopic (exact) mass is 404 g/mol. The molecule has 3 N–H and O–H groups in total. The second kappa shape index (κ2) is 7.71. The van der Waals surface area contributed by atoms with E-state index in [4.69, 9.17) is 14.9 Å². The van der Waals surface area contributed by atoms with Crippen molar-refractivity contribution in [1.82, 2.24) is 4.98 Å². The molecule has 9 heteroatoms. The number of ether oxygens (including phenoxy) is 1. The lowest BCUT2D eigenvalue weighted by molar-refractivity contribution is 0.0985. The number of halogens is 3. The largest absolute Gasteiger partial charge is 0.478 e. The first-order valence-corrected chi connectivity index (χ1v) is 7.88. The molecule has 1 atom stereocenters. The Hall–Kier alpha value is -2.00. The maximum absolute atomic E-state index is 14.3. The van der Waals surface area contributed by atoms with Gasteiger partial charge < -0.3 is 20.0 Å². The number of aliphatic hydroxyl groups excluding tert-OH is 1. The van der Waals surface area contributed by atoms with Crippen LogP contribution in [0.2, 0.25) is 0 Å². The molecule has 6 nitrogen and oxygen atoms in total. The molecule has 1 amide bonds. The summed E-state index contributed by atoms with van der Waals surface area (Å²) in [5.74, 6) is -3.82. The van der Waals surface area contributed by atoms with E-state index in [2.05, 4.69) is 20.9 Å². The Morgan fingerprint density at radius 1 is 1.50 bits per heavy atom. The molecule has 0 radical (unpaired) electrons. The number of oxazole rings is 1. The van der Waals surface area contributed by atoms with Gasteiger partial charge in [-0.05, 0) is 34.5 Å². The Bertz CT molecular complexity index is 751. The van der Waals surface area contributed by atoms with Gasteiger partial charge in [-0.15, -0.1) is 0 Å². The smallest absolute Gasteiger partial charge is 0.254 e. The molecule has 130 valence electrons. The van der Waals surface area contributed by atoms with Crippen LogP contribution in [0.3, 0.4) is 0 Å². The standard InChI is InChI=1S/C15H15BrF2N2O4/c1-2-8-13(16)24-15(20-8)10(5-6-21)23-9-4-3-7(17)11(12(9)18)14(19)22/h3-4,10,21H,2,5-6H2,1H3,(H2,19,22). The molecular formula is C15H15BrF2N2O4. The molecule has 0 saturated carbocycles. The molecule has 0 bridgehead atoms. The molecule has 1 heterocycles. The van der Waals surface area contributed by atoms with Crippen LogP contribution in [0.15, 0.2) is 21.2 Å². The molecular weight excluding hydrogens is 390 g/mol. The van der Waals surface area contributed by atoms with Crippen molar-refractivity contribution in [1.29, 1.82) is 0 Å². The van der Waals surface area contributed by atoms with Crippen molar-refractivity contribution in [3.63, 3.8) is 0 Å². The van der Waals surface area contributed by atoms with Crippen LogP contribution in [-0.2, 0) is 6.42 Å². The lowest BCUT2D eigenvalue weighted by atomic mass is 10.1. The van der Waals surface area contributed by atoms with Gasteiger partial charge in [-0.1, -0.05) is 6.92 Å². The van der Waals surface area contributed by atoms with Gasteiger partial charge in [-0.2, -0.15) is 0 Å². The number of aliphatic hydroxyl groups is 1. The fraction of sp³-hybridized carbons (Fsp3) is 0.333. The minimum atomic E-state index is -1.25. The van der Waals surface area contributed by atoms with Crippen LogP contribution in [0.5, 0.6) is 5.75 Å². The normalized spacial score (nSPS) is 12.2. The van der Waals surface area contributed by atoms with Gasteiger partial charge in [0.05, 0.1) is 5.69 Å². The van der Waals surface area contributed by atoms with Gasteiger partial charge in [-0.25, -0.2) is 13.8 Å².